The van der Waals surface area contributed by atoms with Gasteiger partial charge in [0, 0.05) is 26.2 Å². The molecule has 0 bridgehead atoms. The molecule has 144 valence electrons. The maximum absolute atomic E-state index is 12.8. The Morgan fingerprint density at radius 3 is 2.57 bits per heavy atom. The van der Waals surface area contributed by atoms with Gasteiger partial charge in [-0.05, 0) is 24.3 Å². The van der Waals surface area contributed by atoms with Crippen LogP contribution in [0.15, 0.2) is 53.3 Å². The molecule has 0 saturated carbocycles. The molecule has 1 amide bonds. The van der Waals surface area contributed by atoms with Gasteiger partial charge in [0.05, 0.1) is 30.1 Å². The number of nitrogens with zero attached hydrogens (tertiary/aromatic N) is 3. The van der Waals surface area contributed by atoms with Crippen LogP contribution in [0.3, 0.4) is 0 Å². The first-order valence-electron chi connectivity index (χ1n) is 9.28. The van der Waals surface area contributed by atoms with Crippen molar-refractivity contribution in [3.8, 4) is 5.75 Å². The third kappa shape index (κ3) is 3.61. The number of carbonyl (C=O) groups excluding carboxylic acids is 1. The summed E-state index contributed by atoms with van der Waals surface area (Å²) in [5, 5.41) is 0.596. The van der Waals surface area contributed by atoms with Crippen molar-refractivity contribution in [3.63, 3.8) is 0 Å². The third-order valence-corrected chi connectivity index (χ3v) is 5.03. The van der Waals surface area contributed by atoms with E-state index in [-0.39, 0.29) is 11.5 Å². The molecule has 3 aromatic rings. The molecule has 1 saturated heterocycles. The molecule has 0 atom stereocenters. The highest BCUT2D eigenvalue weighted by Crippen LogP contribution is 2.20. The average Bonchev–Trinajstić information content (AvgIpc) is 2.74. The Labute approximate surface area is 162 Å². The van der Waals surface area contributed by atoms with Crippen molar-refractivity contribution in [2.75, 3.05) is 33.3 Å². The molecule has 0 unspecified atom stereocenters. The van der Waals surface area contributed by atoms with E-state index < -0.39 is 0 Å². The van der Waals surface area contributed by atoms with E-state index in [0.29, 0.717) is 47.7 Å². The van der Waals surface area contributed by atoms with Crippen LogP contribution in [0.4, 0.5) is 0 Å². The molecule has 1 fully saturated rings. The topological polar surface area (TPSA) is 78.5 Å². The number of aromatic nitrogens is 2. The number of aromatic amines is 1. The van der Waals surface area contributed by atoms with Gasteiger partial charge in [0.1, 0.15) is 11.6 Å². The van der Waals surface area contributed by atoms with Crippen LogP contribution in [0, 0.1) is 0 Å². The van der Waals surface area contributed by atoms with E-state index in [4.69, 9.17) is 4.74 Å². The molecule has 2 heterocycles. The largest absolute Gasteiger partial charge is 0.496 e. The summed E-state index contributed by atoms with van der Waals surface area (Å²) in [7, 11) is 1.57. The first kappa shape index (κ1) is 18.2. The molecule has 1 N–H and O–H groups in total. The Bertz CT molecular complexity index is 1050. The molecule has 1 aliphatic heterocycles. The normalized spacial score (nSPS) is 15.0. The van der Waals surface area contributed by atoms with E-state index in [1.807, 2.05) is 35.2 Å². The fourth-order valence-electron chi connectivity index (χ4n) is 3.52. The number of rotatable bonds is 4. The number of para-hydroxylation sites is 2. The summed E-state index contributed by atoms with van der Waals surface area (Å²) < 4.78 is 5.30. The number of H-pyrrole nitrogens is 1. The van der Waals surface area contributed by atoms with Gasteiger partial charge in [-0.15, -0.1) is 0 Å². The fourth-order valence-corrected chi connectivity index (χ4v) is 3.52. The van der Waals surface area contributed by atoms with Gasteiger partial charge < -0.3 is 14.6 Å². The monoisotopic (exact) mass is 378 g/mol. The van der Waals surface area contributed by atoms with Gasteiger partial charge in [0.15, 0.2) is 0 Å². The summed E-state index contributed by atoms with van der Waals surface area (Å²) in [4.78, 5) is 36.5. The molecule has 0 aliphatic carbocycles. The molecule has 7 heteroatoms. The minimum atomic E-state index is -0.120. The van der Waals surface area contributed by atoms with Crippen LogP contribution in [0.2, 0.25) is 0 Å². The summed E-state index contributed by atoms with van der Waals surface area (Å²) in [5.41, 5.74) is 1.16. The van der Waals surface area contributed by atoms with Crippen molar-refractivity contribution < 1.29 is 9.53 Å². The molecule has 0 radical (unpaired) electrons. The molecule has 4 rings (SSSR count). The highest BCUT2D eigenvalue weighted by molar-refractivity contribution is 5.97. The van der Waals surface area contributed by atoms with Crippen LogP contribution in [0.25, 0.3) is 10.9 Å². The van der Waals surface area contributed by atoms with E-state index in [9.17, 15) is 9.59 Å². The van der Waals surface area contributed by atoms with Crippen molar-refractivity contribution in [1.82, 2.24) is 19.8 Å². The summed E-state index contributed by atoms with van der Waals surface area (Å²) in [6, 6.07) is 14.6. The van der Waals surface area contributed by atoms with Gasteiger partial charge in [-0.1, -0.05) is 24.3 Å². The number of methoxy groups -OCH3 is 1. The Morgan fingerprint density at radius 2 is 1.79 bits per heavy atom. The Kier molecular flexibility index (Phi) is 5.08. The minimum Gasteiger partial charge on any atom is -0.496 e. The third-order valence-electron chi connectivity index (χ3n) is 5.03. The van der Waals surface area contributed by atoms with Gasteiger partial charge in [0.2, 0.25) is 0 Å². The average molecular weight is 378 g/mol. The summed E-state index contributed by atoms with van der Waals surface area (Å²) in [6.45, 7) is 3.23. The van der Waals surface area contributed by atoms with E-state index in [0.717, 1.165) is 13.1 Å². The Balaban J connectivity index is 1.42. The number of hydrogen-bond donors (Lipinski definition) is 1. The number of piperazine rings is 1. The van der Waals surface area contributed by atoms with Crippen LogP contribution in [0.1, 0.15) is 16.2 Å². The standard InChI is InChI=1S/C21H22N4O3/c1-28-18-9-5-3-7-16(18)21(27)25-12-10-24(11-13-25)14-19-22-17-8-4-2-6-15(17)20(26)23-19/h2-9H,10-14H2,1H3,(H,22,23,26). The zero-order valence-corrected chi connectivity index (χ0v) is 15.7. The van der Waals surface area contributed by atoms with Crippen LogP contribution < -0.4 is 10.3 Å². The first-order chi connectivity index (χ1) is 13.7. The lowest BCUT2D eigenvalue weighted by Gasteiger charge is -2.34. The number of amides is 1. The fraction of sp³-hybridized carbons (Fsp3) is 0.286. The van der Waals surface area contributed by atoms with Crippen molar-refractivity contribution in [1.29, 1.82) is 0 Å². The quantitative estimate of drug-likeness (QED) is 0.750. The molecule has 1 aliphatic rings. The minimum absolute atomic E-state index is 0.0191. The summed E-state index contributed by atoms with van der Waals surface area (Å²) in [6.07, 6.45) is 0. The van der Waals surface area contributed by atoms with Crippen LogP contribution >= 0.6 is 0 Å². The van der Waals surface area contributed by atoms with Gasteiger partial charge in [-0.2, -0.15) is 0 Å². The maximum Gasteiger partial charge on any atom is 0.258 e. The SMILES string of the molecule is COc1ccccc1C(=O)N1CCN(Cc2nc3ccccc3c(=O)[nH]2)CC1. The molecular weight excluding hydrogens is 356 g/mol. The lowest BCUT2D eigenvalue weighted by atomic mass is 10.1. The highest BCUT2D eigenvalue weighted by Gasteiger charge is 2.24. The summed E-state index contributed by atoms with van der Waals surface area (Å²) >= 11 is 0. The number of fused-ring (bicyclic) bond motifs is 1. The number of benzene rings is 2. The number of nitrogens with one attached hydrogen (secondary N) is 1. The molecule has 1 aromatic heterocycles. The van der Waals surface area contributed by atoms with E-state index in [2.05, 4.69) is 14.9 Å². The Morgan fingerprint density at radius 1 is 1.07 bits per heavy atom. The van der Waals surface area contributed by atoms with Crippen LogP contribution in [-0.2, 0) is 6.54 Å². The zero-order valence-electron chi connectivity index (χ0n) is 15.7. The second-order valence-corrected chi connectivity index (χ2v) is 6.80. The lowest BCUT2D eigenvalue weighted by Crippen LogP contribution is -2.48. The molecule has 0 spiro atoms. The molecule has 7 nitrogen and oxygen atoms in total. The van der Waals surface area contributed by atoms with Gasteiger partial charge >= 0.3 is 0 Å². The number of hydrogen-bond acceptors (Lipinski definition) is 5. The summed E-state index contributed by atoms with van der Waals surface area (Å²) in [5.74, 6) is 1.22. The van der Waals surface area contributed by atoms with Crippen molar-refractivity contribution >= 4 is 16.8 Å². The zero-order chi connectivity index (χ0) is 19.5. The lowest BCUT2D eigenvalue weighted by molar-refractivity contribution is 0.0622. The maximum atomic E-state index is 12.8. The van der Waals surface area contributed by atoms with Crippen LogP contribution in [-0.4, -0.2) is 59.0 Å². The first-order valence-corrected chi connectivity index (χ1v) is 9.28. The number of ether oxygens (including phenoxy) is 1. The van der Waals surface area contributed by atoms with Crippen molar-refractivity contribution in [2.45, 2.75) is 6.54 Å². The van der Waals surface area contributed by atoms with Gasteiger partial charge in [-0.25, -0.2) is 4.98 Å². The molecule has 28 heavy (non-hydrogen) atoms. The Hall–Kier alpha value is -3.19. The second kappa shape index (κ2) is 7.82. The second-order valence-electron chi connectivity index (χ2n) is 6.80. The predicted molar refractivity (Wildman–Crippen MR) is 107 cm³/mol. The van der Waals surface area contributed by atoms with Gasteiger partial charge in [0.25, 0.3) is 11.5 Å². The van der Waals surface area contributed by atoms with E-state index >= 15 is 0 Å². The van der Waals surface area contributed by atoms with Crippen LogP contribution in [0.5, 0.6) is 5.75 Å². The van der Waals surface area contributed by atoms with Crippen molar-refractivity contribution in [2.24, 2.45) is 0 Å². The molecular formula is C21H22N4O3. The van der Waals surface area contributed by atoms with E-state index in [1.54, 1.807) is 25.3 Å². The number of carbonyl (C=O) groups is 1. The van der Waals surface area contributed by atoms with E-state index in [1.165, 1.54) is 0 Å². The van der Waals surface area contributed by atoms with Crippen molar-refractivity contribution in [3.05, 3.63) is 70.3 Å². The molecule has 2 aromatic carbocycles. The predicted octanol–water partition coefficient (Wildman–Crippen LogP) is 1.89. The smallest absolute Gasteiger partial charge is 0.258 e. The van der Waals surface area contributed by atoms with Gasteiger partial charge in [-0.3, -0.25) is 14.5 Å². The highest BCUT2D eigenvalue weighted by atomic mass is 16.5.